The van der Waals surface area contributed by atoms with Crippen LogP contribution in [0.5, 0.6) is 0 Å². The SMILES string of the molecule is C1=CC2CC(CC3CC3)CCC2n2c3c(c4cnccc42)CCC=C13. The number of rotatable bonds is 2. The van der Waals surface area contributed by atoms with E-state index in [2.05, 4.69) is 40.0 Å². The number of pyridine rings is 1. The Bertz CT molecular complexity index is 896. The van der Waals surface area contributed by atoms with Crippen molar-refractivity contribution >= 4 is 16.5 Å². The van der Waals surface area contributed by atoms with Gasteiger partial charge in [0.2, 0.25) is 0 Å². The van der Waals surface area contributed by atoms with Gasteiger partial charge >= 0.3 is 0 Å². The van der Waals surface area contributed by atoms with Crippen molar-refractivity contribution in [1.82, 2.24) is 9.55 Å². The van der Waals surface area contributed by atoms with Crippen molar-refractivity contribution in [3.05, 3.63) is 47.9 Å². The van der Waals surface area contributed by atoms with E-state index in [1.807, 2.05) is 6.20 Å². The molecule has 3 atom stereocenters. The molecule has 1 aliphatic heterocycles. The third-order valence-corrected chi connectivity index (χ3v) is 7.13. The predicted octanol–water partition coefficient (Wildman–Crippen LogP) is 5.69. The van der Waals surface area contributed by atoms with Crippen molar-refractivity contribution in [3.8, 4) is 0 Å². The van der Waals surface area contributed by atoms with Crippen LogP contribution in [0.3, 0.4) is 0 Å². The maximum absolute atomic E-state index is 4.44. The first-order valence-electron chi connectivity index (χ1n) is 10.2. The van der Waals surface area contributed by atoms with Crippen LogP contribution in [0.4, 0.5) is 0 Å². The molecule has 2 saturated carbocycles. The molecule has 0 amide bonds. The highest BCUT2D eigenvalue weighted by Gasteiger charge is 2.37. The average Bonchev–Trinajstić information content (AvgIpc) is 3.42. The molecule has 2 aromatic heterocycles. The molecule has 6 rings (SSSR count). The van der Waals surface area contributed by atoms with Gasteiger partial charge in [-0.05, 0) is 73.5 Å². The van der Waals surface area contributed by atoms with Crippen LogP contribution < -0.4 is 0 Å². The van der Waals surface area contributed by atoms with Crippen molar-refractivity contribution in [2.24, 2.45) is 17.8 Å². The smallest absolute Gasteiger partial charge is 0.0524 e. The highest BCUT2D eigenvalue weighted by Crippen LogP contribution is 2.49. The Morgan fingerprint density at radius 2 is 2.04 bits per heavy atom. The number of allylic oxidation sites excluding steroid dienone is 4. The molecule has 2 nitrogen and oxygen atoms in total. The molecule has 128 valence electrons. The lowest BCUT2D eigenvalue weighted by molar-refractivity contribution is 0.208. The number of aryl methyl sites for hydroxylation is 1. The fraction of sp³-hybridized carbons (Fsp3) is 0.522. The van der Waals surface area contributed by atoms with E-state index < -0.39 is 0 Å². The van der Waals surface area contributed by atoms with Crippen LogP contribution in [0.1, 0.15) is 62.2 Å². The van der Waals surface area contributed by atoms with E-state index in [4.69, 9.17) is 0 Å². The third-order valence-electron chi connectivity index (χ3n) is 7.13. The number of nitrogens with zero attached hydrogens (tertiary/aromatic N) is 2. The molecular formula is C23H26N2. The maximum Gasteiger partial charge on any atom is 0.0524 e. The predicted molar refractivity (Wildman–Crippen MR) is 102 cm³/mol. The molecule has 0 aromatic carbocycles. The zero-order valence-corrected chi connectivity index (χ0v) is 14.8. The Morgan fingerprint density at radius 1 is 1.12 bits per heavy atom. The first-order chi connectivity index (χ1) is 12.4. The Kier molecular flexibility index (Phi) is 3.06. The van der Waals surface area contributed by atoms with E-state index in [1.54, 1.807) is 5.56 Å². The van der Waals surface area contributed by atoms with Crippen LogP contribution in [-0.2, 0) is 6.42 Å². The lowest BCUT2D eigenvalue weighted by Gasteiger charge is -2.36. The van der Waals surface area contributed by atoms with E-state index in [0.717, 1.165) is 11.8 Å². The summed E-state index contributed by atoms with van der Waals surface area (Å²) in [5, 5.41) is 1.40. The van der Waals surface area contributed by atoms with Crippen LogP contribution >= 0.6 is 0 Å². The summed E-state index contributed by atoms with van der Waals surface area (Å²) in [6.07, 6.45) is 22.5. The first kappa shape index (κ1) is 14.4. The van der Waals surface area contributed by atoms with E-state index in [0.29, 0.717) is 12.0 Å². The van der Waals surface area contributed by atoms with Gasteiger partial charge in [0.1, 0.15) is 0 Å². The van der Waals surface area contributed by atoms with Crippen LogP contribution in [0.15, 0.2) is 36.7 Å². The molecule has 2 aromatic rings. The van der Waals surface area contributed by atoms with Gasteiger partial charge in [-0.1, -0.05) is 31.1 Å². The second-order valence-corrected chi connectivity index (χ2v) is 8.74. The van der Waals surface area contributed by atoms with E-state index >= 15 is 0 Å². The molecule has 0 saturated heterocycles. The summed E-state index contributed by atoms with van der Waals surface area (Å²) in [5.41, 5.74) is 5.95. The summed E-state index contributed by atoms with van der Waals surface area (Å²) in [7, 11) is 0. The normalized spacial score (nSPS) is 30.6. The standard InChI is InChI=1S/C23H26N2/c1-2-17-7-8-18-13-16(12-15-4-5-15)6-9-21(18)25-22-10-11-24-14-20(22)19(3-1)23(17)25/h2,7-8,10-11,14-16,18,21H,1,3-6,9,12-13H2. The molecule has 0 N–H and O–H groups in total. The van der Waals surface area contributed by atoms with Crippen molar-refractivity contribution < 1.29 is 0 Å². The molecule has 0 bridgehead atoms. The van der Waals surface area contributed by atoms with E-state index in [-0.39, 0.29) is 0 Å². The number of aromatic nitrogens is 2. The minimum Gasteiger partial charge on any atom is -0.336 e. The largest absolute Gasteiger partial charge is 0.336 e. The van der Waals surface area contributed by atoms with Crippen LogP contribution in [0, 0.1) is 17.8 Å². The number of hydrogen-bond donors (Lipinski definition) is 0. The van der Waals surface area contributed by atoms with Crippen molar-refractivity contribution in [1.29, 1.82) is 0 Å². The van der Waals surface area contributed by atoms with Crippen molar-refractivity contribution in [2.75, 3.05) is 0 Å². The Labute approximate surface area is 149 Å². The van der Waals surface area contributed by atoms with Gasteiger partial charge < -0.3 is 4.57 Å². The fourth-order valence-corrected chi connectivity index (χ4v) is 5.82. The van der Waals surface area contributed by atoms with Crippen LogP contribution in [0.25, 0.3) is 16.5 Å². The van der Waals surface area contributed by atoms with E-state index in [1.165, 1.54) is 73.5 Å². The second kappa shape index (κ2) is 5.33. The molecular weight excluding hydrogens is 304 g/mol. The van der Waals surface area contributed by atoms with Crippen LogP contribution in [-0.4, -0.2) is 9.55 Å². The highest BCUT2D eigenvalue weighted by atomic mass is 15.0. The van der Waals surface area contributed by atoms with Gasteiger partial charge in [0.15, 0.2) is 0 Å². The summed E-state index contributed by atoms with van der Waals surface area (Å²) in [6, 6.07) is 2.90. The summed E-state index contributed by atoms with van der Waals surface area (Å²) in [4.78, 5) is 4.44. The number of fused-ring (bicyclic) bond motifs is 5. The fourth-order valence-electron chi connectivity index (χ4n) is 5.82. The number of hydrogen-bond acceptors (Lipinski definition) is 1. The highest BCUT2D eigenvalue weighted by molar-refractivity contribution is 5.92. The molecule has 2 heteroatoms. The van der Waals surface area contributed by atoms with Gasteiger partial charge in [-0.15, -0.1) is 0 Å². The van der Waals surface area contributed by atoms with Gasteiger partial charge in [-0.2, -0.15) is 0 Å². The van der Waals surface area contributed by atoms with E-state index in [9.17, 15) is 0 Å². The third kappa shape index (κ3) is 2.19. The monoisotopic (exact) mass is 330 g/mol. The summed E-state index contributed by atoms with van der Waals surface area (Å²) in [5.74, 6) is 2.73. The van der Waals surface area contributed by atoms with Gasteiger partial charge in [0.25, 0.3) is 0 Å². The molecule has 3 heterocycles. The van der Waals surface area contributed by atoms with Gasteiger partial charge in [0, 0.05) is 23.8 Å². The molecule has 0 spiro atoms. The molecule has 0 radical (unpaired) electrons. The van der Waals surface area contributed by atoms with Crippen molar-refractivity contribution in [2.45, 2.75) is 57.4 Å². The topological polar surface area (TPSA) is 17.8 Å². The zero-order chi connectivity index (χ0) is 16.4. The minimum atomic E-state index is 0.643. The second-order valence-electron chi connectivity index (χ2n) is 8.74. The summed E-state index contributed by atoms with van der Waals surface area (Å²) in [6.45, 7) is 0. The Balaban J connectivity index is 1.48. The molecule has 25 heavy (non-hydrogen) atoms. The van der Waals surface area contributed by atoms with Gasteiger partial charge in [0.05, 0.1) is 11.2 Å². The lowest BCUT2D eigenvalue weighted by atomic mass is 9.76. The molecule has 3 aliphatic carbocycles. The van der Waals surface area contributed by atoms with Gasteiger partial charge in [-0.3, -0.25) is 4.98 Å². The maximum atomic E-state index is 4.44. The Morgan fingerprint density at radius 3 is 2.96 bits per heavy atom. The van der Waals surface area contributed by atoms with Crippen molar-refractivity contribution in [3.63, 3.8) is 0 Å². The van der Waals surface area contributed by atoms with Gasteiger partial charge in [-0.25, -0.2) is 0 Å². The molecule has 3 unspecified atom stereocenters. The first-order valence-corrected chi connectivity index (χ1v) is 10.2. The Hall–Kier alpha value is -1.83. The molecule has 4 aliphatic rings. The zero-order valence-electron chi connectivity index (χ0n) is 14.8. The van der Waals surface area contributed by atoms with Crippen LogP contribution in [0.2, 0.25) is 0 Å². The molecule has 2 fully saturated rings. The minimum absolute atomic E-state index is 0.643. The summed E-state index contributed by atoms with van der Waals surface area (Å²) < 4.78 is 2.72. The summed E-state index contributed by atoms with van der Waals surface area (Å²) >= 11 is 0. The quantitative estimate of drug-likeness (QED) is 0.691. The lowest BCUT2D eigenvalue weighted by Crippen LogP contribution is -2.27. The average molecular weight is 330 g/mol.